The smallest absolute Gasteiger partial charge is 0.475 e. The lowest BCUT2D eigenvalue weighted by Crippen LogP contribution is -2.21. The van der Waals surface area contributed by atoms with Crippen LogP contribution in [0, 0.1) is 0 Å². The molecule has 0 aliphatic rings. The minimum atomic E-state index is -5.08. The number of ether oxygens (including phenoxy) is 1. The molecular weight excluding hydrogens is 451 g/mol. The monoisotopic (exact) mass is 475 g/mol. The molecule has 2 heterocycles. The SMILES string of the molecule is Nc1ccccc1CCCOCCn1cnc2c(N)nc3ccccc3c21.O=C(O)C(F)(F)F. The summed E-state index contributed by atoms with van der Waals surface area (Å²) < 4.78 is 39.6. The molecule has 180 valence electrons. The quantitative estimate of drug-likeness (QED) is 0.272. The second kappa shape index (κ2) is 10.8. The third-order valence-electron chi connectivity index (χ3n) is 4.99. The number of aromatic nitrogens is 3. The second-order valence-corrected chi connectivity index (χ2v) is 7.37. The van der Waals surface area contributed by atoms with Crippen molar-refractivity contribution in [2.45, 2.75) is 25.6 Å². The van der Waals surface area contributed by atoms with Crippen molar-refractivity contribution in [3.63, 3.8) is 0 Å². The molecule has 0 unspecified atom stereocenters. The Morgan fingerprint density at radius 2 is 1.74 bits per heavy atom. The van der Waals surface area contributed by atoms with Crippen LogP contribution in [0.1, 0.15) is 12.0 Å². The van der Waals surface area contributed by atoms with Crippen LogP contribution in [-0.2, 0) is 22.5 Å². The van der Waals surface area contributed by atoms with E-state index in [-0.39, 0.29) is 0 Å². The molecule has 34 heavy (non-hydrogen) atoms. The van der Waals surface area contributed by atoms with Crippen molar-refractivity contribution in [2.24, 2.45) is 0 Å². The van der Waals surface area contributed by atoms with Gasteiger partial charge in [0.1, 0.15) is 5.52 Å². The number of fused-ring (bicyclic) bond motifs is 3. The maximum Gasteiger partial charge on any atom is 0.490 e. The number of alkyl halides is 3. The normalized spacial score (nSPS) is 11.4. The molecule has 2 aromatic heterocycles. The molecular formula is C23H24F3N5O3. The molecule has 0 amide bonds. The van der Waals surface area contributed by atoms with Crippen molar-refractivity contribution in [3.05, 3.63) is 60.4 Å². The standard InChI is InChI=1S/C21H23N5O.C2HF3O2/c22-17-9-3-1-6-15(17)7-5-12-27-13-11-26-14-24-19-20(26)16-8-2-4-10-18(16)25-21(19)23;3-2(4,5)1(6)7/h1-4,6,8-10,14H,5,7,11-13,22H2,(H2,23,25);(H,6,7). The maximum atomic E-state index is 10.6. The van der Waals surface area contributed by atoms with Gasteiger partial charge in [-0.3, -0.25) is 0 Å². The van der Waals surface area contributed by atoms with Gasteiger partial charge in [0.25, 0.3) is 0 Å². The van der Waals surface area contributed by atoms with Gasteiger partial charge in [-0.2, -0.15) is 13.2 Å². The first-order valence-corrected chi connectivity index (χ1v) is 10.4. The van der Waals surface area contributed by atoms with E-state index in [4.69, 9.17) is 26.1 Å². The van der Waals surface area contributed by atoms with Gasteiger partial charge in [0.05, 0.1) is 24.0 Å². The highest BCUT2D eigenvalue weighted by atomic mass is 19.4. The summed E-state index contributed by atoms with van der Waals surface area (Å²) in [5, 5.41) is 8.18. The number of pyridine rings is 1. The first-order valence-electron chi connectivity index (χ1n) is 10.4. The zero-order valence-electron chi connectivity index (χ0n) is 18.1. The molecule has 0 fully saturated rings. The fraction of sp³-hybridized carbons (Fsp3) is 0.261. The third kappa shape index (κ3) is 6.13. The first-order chi connectivity index (χ1) is 16.2. The highest BCUT2D eigenvalue weighted by Crippen LogP contribution is 2.26. The molecule has 0 aliphatic carbocycles. The summed E-state index contributed by atoms with van der Waals surface area (Å²) in [7, 11) is 0. The topological polar surface area (TPSA) is 129 Å². The number of halogens is 3. The first kappa shape index (κ1) is 24.8. The van der Waals surface area contributed by atoms with Crippen molar-refractivity contribution in [3.8, 4) is 0 Å². The Hall–Kier alpha value is -3.86. The van der Waals surface area contributed by atoms with Gasteiger partial charge >= 0.3 is 12.1 Å². The van der Waals surface area contributed by atoms with Crippen molar-refractivity contribution in [1.29, 1.82) is 0 Å². The maximum absolute atomic E-state index is 10.6. The number of hydrogen-bond donors (Lipinski definition) is 3. The predicted octanol–water partition coefficient (Wildman–Crippen LogP) is 4.03. The number of carbonyl (C=O) groups is 1. The largest absolute Gasteiger partial charge is 0.490 e. The van der Waals surface area contributed by atoms with Gasteiger partial charge in [-0.1, -0.05) is 36.4 Å². The molecule has 11 heteroatoms. The van der Waals surface area contributed by atoms with Gasteiger partial charge in [-0.05, 0) is 30.5 Å². The highest BCUT2D eigenvalue weighted by molar-refractivity contribution is 6.06. The number of hydrogen-bond acceptors (Lipinski definition) is 6. The number of benzene rings is 2. The fourth-order valence-electron chi connectivity index (χ4n) is 3.37. The molecule has 0 saturated heterocycles. The van der Waals surface area contributed by atoms with Crippen LogP contribution in [0.4, 0.5) is 24.7 Å². The van der Waals surface area contributed by atoms with Gasteiger partial charge in [-0.25, -0.2) is 14.8 Å². The number of anilines is 2. The average Bonchev–Trinajstić information content (AvgIpc) is 3.22. The zero-order valence-corrected chi connectivity index (χ0v) is 18.1. The van der Waals surface area contributed by atoms with Crippen LogP contribution in [0.15, 0.2) is 54.9 Å². The molecule has 0 spiro atoms. The fourth-order valence-corrected chi connectivity index (χ4v) is 3.37. The molecule has 4 rings (SSSR count). The number of nitrogen functional groups attached to an aromatic ring is 2. The third-order valence-corrected chi connectivity index (χ3v) is 4.99. The van der Waals surface area contributed by atoms with Crippen LogP contribution in [0.25, 0.3) is 21.9 Å². The summed E-state index contributed by atoms with van der Waals surface area (Å²) >= 11 is 0. The molecule has 0 atom stereocenters. The summed E-state index contributed by atoms with van der Waals surface area (Å²) in [4.78, 5) is 17.8. The van der Waals surface area contributed by atoms with Gasteiger partial charge in [0.15, 0.2) is 5.82 Å². The molecule has 0 radical (unpaired) electrons. The highest BCUT2D eigenvalue weighted by Gasteiger charge is 2.38. The Morgan fingerprint density at radius 3 is 2.44 bits per heavy atom. The molecule has 8 nitrogen and oxygen atoms in total. The lowest BCUT2D eigenvalue weighted by Gasteiger charge is -2.09. The summed E-state index contributed by atoms with van der Waals surface area (Å²) in [6.07, 6.45) is -1.41. The van der Waals surface area contributed by atoms with E-state index in [0.717, 1.165) is 47.0 Å². The molecule has 4 aromatic rings. The number of para-hydroxylation sites is 2. The Morgan fingerprint density at radius 1 is 1.06 bits per heavy atom. The number of imidazole rings is 1. The van der Waals surface area contributed by atoms with Crippen LogP contribution in [-0.4, -0.2) is 45.0 Å². The minimum Gasteiger partial charge on any atom is -0.475 e. The lowest BCUT2D eigenvalue weighted by molar-refractivity contribution is -0.192. The van der Waals surface area contributed by atoms with Gasteiger partial charge in [0.2, 0.25) is 0 Å². The summed E-state index contributed by atoms with van der Waals surface area (Å²) in [5.74, 6) is -2.30. The number of nitrogens with two attached hydrogens (primary N) is 2. The Labute approximate surface area is 193 Å². The number of carboxylic acid groups (broad SMARTS) is 1. The van der Waals surface area contributed by atoms with E-state index in [9.17, 15) is 13.2 Å². The Bertz CT molecular complexity index is 1270. The van der Waals surface area contributed by atoms with Crippen molar-refractivity contribution in [1.82, 2.24) is 14.5 Å². The molecule has 5 N–H and O–H groups in total. The van der Waals surface area contributed by atoms with E-state index in [2.05, 4.69) is 20.6 Å². The van der Waals surface area contributed by atoms with E-state index < -0.39 is 12.1 Å². The van der Waals surface area contributed by atoms with E-state index >= 15 is 0 Å². The number of carboxylic acids is 1. The van der Waals surface area contributed by atoms with Crippen LogP contribution in [0.3, 0.4) is 0 Å². The molecule has 0 aliphatic heterocycles. The van der Waals surface area contributed by atoms with E-state index in [1.54, 1.807) is 0 Å². The number of aryl methyl sites for hydroxylation is 1. The summed E-state index contributed by atoms with van der Waals surface area (Å²) in [5.41, 5.74) is 16.7. The van der Waals surface area contributed by atoms with Gasteiger partial charge < -0.3 is 25.9 Å². The van der Waals surface area contributed by atoms with E-state index in [1.165, 1.54) is 5.56 Å². The van der Waals surface area contributed by atoms with Crippen molar-refractivity contribution >= 4 is 39.4 Å². The van der Waals surface area contributed by atoms with Crippen LogP contribution in [0.5, 0.6) is 0 Å². The number of nitrogens with zero attached hydrogens (tertiary/aromatic N) is 3. The molecule has 2 aromatic carbocycles. The molecule has 0 saturated carbocycles. The van der Waals surface area contributed by atoms with Crippen LogP contribution >= 0.6 is 0 Å². The van der Waals surface area contributed by atoms with E-state index in [0.29, 0.717) is 19.0 Å². The minimum absolute atomic E-state index is 0.462. The number of aliphatic carboxylic acids is 1. The Kier molecular flexibility index (Phi) is 7.90. The second-order valence-electron chi connectivity index (χ2n) is 7.37. The zero-order chi connectivity index (χ0) is 24.7. The number of rotatable bonds is 7. The average molecular weight is 475 g/mol. The predicted molar refractivity (Wildman–Crippen MR) is 123 cm³/mol. The van der Waals surface area contributed by atoms with Crippen LogP contribution in [0.2, 0.25) is 0 Å². The Balaban J connectivity index is 0.000000406. The summed E-state index contributed by atoms with van der Waals surface area (Å²) in [6.45, 7) is 2.04. The summed E-state index contributed by atoms with van der Waals surface area (Å²) in [6, 6.07) is 16.0. The van der Waals surface area contributed by atoms with E-state index in [1.807, 2.05) is 48.8 Å². The van der Waals surface area contributed by atoms with Crippen molar-refractivity contribution < 1.29 is 27.8 Å². The van der Waals surface area contributed by atoms with Gasteiger partial charge in [0, 0.05) is 24.2 Å². The van der Waals surface area contributed by atoms with Crippen molar-refractivity contribution in [2.75, 3.05) is 24.7 Å². The van der Waals surface area contributed by atoms with Gasteiger partial charge in [-0.15, -0.1) is 0 Å². The molecule has 0 bridgehead atoms. The lowest BCUT2D eigenvalue weighted by atomic mass is 10.1. The van der Waals surface area contributed by atoms with Crippen LogP contribution < -0.4 is 11.5 Å².